The quantitative estimate of drug-likeness (QED) is 0.780. The minimum Gasteiger partial charge on any atom is -0.493 e. The Morgan fingerprint density at radius 2 is 1.79 bits per heavy atom. The molecule has 0 atom stereocenters. The zero-order valence-corrected chi connectivity index (χ0v) is 13.6. The van der Waals surface area contributed by atoms with Gasteiger partial charge in [-0.3, -0.25) is 4.79 Å². The van der Waals surface area contributed by atoms with Crippen LogP contribution < -0.4 is 19.5 Å². The summed E-state index contributed by atoms with van der Waals surface area (Å²) in [5.74, 6) is 1.12. The summed E-state index contributed by atoms with van der Waals surface area (Å²) in [7, 11) is 4.57. The lowest BCUT2D eigenvalue weighted by Crippen LogP contribution is -2.13. The number of benzene rings is 1. The van der Waals surface area contributed by atoms with Crippen LogP contribution in [0, 0.1) is 0 Å². The summed E-state index contributed by atoms with van der Waals surface area (Å²) < 4.78 is 17.6. The average Bonchev–Trinajstić information content (AvgIpc) is 3.09. The second-order valence-electron chi connectivity index (χ2n) is 4.95. The zero-order chi connectivity index (χ0) is 17.1. The number of rotatable bonds is 5. The number of nitrogens with zero attached hydrogens (tertiary/aromatic N) is 2. The van der Waals surface area contributed by atoms with Gasteiger partial charge >= 0.3 is 0 Å². The van der Waals surface area contributed by atoms with Crippen LogP contribution in [0.2, 0.25) is 0 Å². The fourth-order valence-corrected chi connectivity index (χ4v) is 2.48. The Morgan fingerprint density at radius 1 is 1.08 bits per heavy atom. The Labute approximate surface area is 138 Å². The van der Waals surface area contributed by atoms with Gasteiger partial charge in [0.15, 0.2) is 11.5 Å². The molecule has 2 heterocycles. The number of hydrogen-bond donors (Lipinski definition) is 1. The number of pyridine rings is 1. The van der Waals surface area contributed by atoms with Crippen molar-refractivity contribution in [2.24, 2.45) is 0 Å². The van der Waals surface area contributed by atoms with Gasteiger partial charge in [0.1, 0.15) is 5.65 Å². The van der Waals surface area contributed by atoms with Crippen LogP contribution >= 0.6 is 0 Å². The molecular weight excluding hydrogens is 310 g/mol. The molecule has 0 aliphatic carbocycles. The third-order valence-electron chi connectivity index (χ3n) is 3.59. The number of carbonyl (C=O) groups excluding carboxylic acids is 1. The van der Waals surface area contributed by atoms with Gasteiger partial charge in [-0.05, 0) is 12.1 Å². The van der Waals surface area contributed by atoms with Crippen molar-refractivity contribution >= 4 is 17.2 Å². The third kappa shape index (κ3) is 2.71. The number of nitrogens with one attached hydrogen (secondary N) is 1. The summed E-state index contributed by atoms with van der Waals surface area (Å²) in [6, 6.07) is 6.85. The van der Waals surface area contributed by atoms with Crippen molar-refractivity contribution in [2.45, 2.75) is 0 Å². The van der Waals surface area contributed by atoms with Gasteiger partial charge in [0.05, 0.1) is 26.9 Å². The predicted octanol–water partition coefficient (Wildman–Crippen LogP) is 2.61. The van der Waals surface area contributed by atoms with Crippen molar-refractivity contribution in [3.63, 3.8) is 0 Å². The van der Waals surface area contributed by atoms with E-state index >= 15 is 0 Å². The minimum absolute atomic E-state index is 0.277. The predicted molar refractivity (Wildman–Crippen MR) is 89.2 cm³/mol. The van der Waals surface area contributed by atoms with Crippen LogP contribution in [-0.4, -0.2) is 36.6 Å². The lowest BCUT2D eigenvalue weighted by Gasteiger charge is -2.14. The smallest absolute Gasteiger partial charge is 0.259 e. The van der Waals surface area contributed by atoms with E-state index in [2.05, 4.69) is 10.3 Å². The fourth-order valence-electron chi connectivity index (χ4n) is 2.48. The second kappa shape index (κ2) is 6.49. The molecule has 3 aromatic rings. The number of anilines is 1. The van der Waals surface area contributed by atoms with Crippen molar-refractivity contribution < 1.29 is 19.0 Å². The molecule has 0 aliphatic rings. The van der Waals surface area contributed by atoms with E-state index < -0.39 is 0 Å². The first-order chi connectivity index (χ1) is 11.7. The SMILES string of the molecule is COc1cc(NC(=O)c2cccn3ccnc23)cc(OC)c1OC. The van der Waals surface area contributed by atoms with E-state index in [1.807, 2.05) is 6.20 Å². The Kier molecular flexibility index (Phi) is 4.24. The maximum absolute atomic E-state index is 12.6. The highest BCUT2D eigenvalue weighted by Gasteiger charge is 2.16. The Morgan fingerprint density at radius 3 is 2.42 bits per heavy atom. The molecule has 1 N–H and O–H groups in total. The van der Waals surface area contributed by atoms with Crippen molar-refractivity contribution in [3.8, 4) is 17.2 Å². The summed E-state index contributed by atoms with van der Waals surface area (Å²) in [5.41, 5.74) is 1.58. The van der Waals surface area contributed by atoms with E-state index in [0.717, 1.165) is 0 Å². The molecule has 0 aliphatic heterocycles. The number of fused-ring (bicyclic) bond motifs is 1. The number of carbonyl (C=O) groups is 1. The standard InChI is InChI=1S/C17H17N3O4/c1-22-13-9-11(10-14(23-2)15(13)24-3)19-17(21)12-5-4-7-20-8-6-18-16(12)20/h4-10H,1-3H3,(H,19,21). The summed E-state index contributed by atoms with van der Waals surface area (Å²) in [5, 5.41) is 2.83. The summed E-state index contributed by atoms with van der Waals surface area (Å²) in [4.78, 5) is 16.8. The molecule has 7 heteroatoms. The van der Waals surface area contributed by atoms with Gasteiger partial charge in [-0.25, -0.2) is 4.98 Å². The fraction of sp³-hybridized carbons (Fsp3) is 0.176. The number of methoxy groups -OCH3 is 3. The van der Waals surface area contributed by atoms with Crippen molar-refractivity contribution in [3.05, 3.63) is 48.4 Å². The Bertz CT molecular complexity index is 863. The van der Waals surface area contributed by atoms with Crippen LogP contribution in [0.3, 0.4) is 0 Å². The molecule has 0 bridgehead atoms. The molecule has 1 aromatic carbocycles. The molecule has 0 fully saturated rings. The van der Waals surface area contributed by atoms with Gasteiger partial charge in [0.2, 0.25) is 5.75 Å². The van der Waals surface area contributed by atoms with Crippen molar-refractivity contribution in [1.82, 2.24) is 9.38 Å². The van der Waals surface area contributed by atoms with Gasteiger partial charge in [0, 0.05) is 36.4 Å². The van der Waals surface area contributed by atoms with Crippen molar-refractivity contribution in [1.29, 1.82) is 0 Å². The molecule has 0 radical (unpaired) electrons. The molecule has 7 nitrogen and oxygen atoms in total. The van der Waals surface area contributed by atoms with Crippen LogP contribution in [0.1, 0.15) is 10.4 Å². The summed E-state index contributed by atoms with van der Waals surface area (Å²) in [6.07, 6.45) is 5.26. The molecule has 24 heavy (non-hydrogen) atoms. The van der Waals surface area contributed by atoms with Crippen LogP contribution in [0.4, 0.5) is 5.69 Å². The molecule has 0 saturated carbocycles. The highest BCUT2D eigenvalue weighted by molar-refractivity contribution is 6.08. The molecule has 2 aromatic heterocycles. The van der Waals surface area contributed by atoms with Crippen molar-refractivity contribution in [2.75, 3.05) is 26.6 Å². The molecule has 124 valence electrons. The highest BCUT2D eigenvalue weighted by atomic mass is 16.5. The monoisotopic (exact) mass is 327 g/mol. The average molecular weight is 327 g/mol. The zero-order valence-electron chi connectivity index (χ0n) is 13.6. The molecule has 0 unspecified atom stereocenters. The van der Waals surface area contributed by atoms with Crippen LogP contribution in [0.5, 0.6) is 17.2 Å². The number of hydrogen-bond acceptors (Lipinski definition) is 5. The minimum atomic E-state index is -0.277. The molecule has 3 rings (SSSR count). The van der Waals surface area contributed by atoms with E-state index in [1.165, 1.54) is 21.3 Å². The van der Waals surface area contributed by atoms with Crippen LogP contribution in [0.25, 0.3) is 5.65 Å². The number of amides is 1. The van der Waals surface area contributed by atoms with Crippen LogP contribution in [-0.2, 0) is 0 Å². The van der Waals surface area contributed by atoms with E-state index in [9.17, 15) is 4.79 Å². The maximum Gasteiger partial charge on any atom is 0.259 e. The van der Waals surface area contributed by atoms with Gasteiger partial charge in [-0.2, -0.15) is 0 Å². The van der Waals surface area contributed by atoms with E-state index in [1.54, 1.807) is 41.1 Å². The maximum atomic E-state index is 12.6. The van der Waals surface area contributed by atoms with Crippen LogP contribution in [0.15, 0.2) is 42.9 Å². The lowest BCUT2D eigenvalue weighted by molar-refractivity contribution is 0.102. The highest BCUT2D eigenvalue weighted by Crippen LogP contribution is 2.40. The van der Waals surface area contributed by atoms with Gasteiger partial charge < -0.3 is 23.9 Å². The van der Waals surface area contributed by atoms with E-state index in [4.69, 9.17) is 14.2 Å². The van der Waals surface area contributed by atoms with E-state index in [0.29, 0.717) is 34.1 Å². The topological polar surface area (TPSA) is 74.1 Å². The second-order valence-corrected chi connectivity index (χ2v) is 4.95. The third-order valence-corrected chi connectivity index (χ3v) is 3.59. The summed E-state index contributed by atoms with van der Waals surface area (Å²) in [6.45, 7) is 0. The first kappa shape index (κ1) is 15.7. The molecular formula is C17H17N3O4. The molecule has 0 saturated heterocycles. The molecule has 0 spiro atoms. The number of imidazole rings is 1. The number of aromatic nitrogens is 2. The lowest BCUT2D eigenvalue weighted by atomic mass is 10.2. The first-order valence-electron chi connectivity index (χ1n) is 7.21. The van der Waals surface area contributed by atoms with Gasteiger partial charge in [0.25, 0.3) is 5.91 Å². The summed E-state index contributed by atoms with van der Waals surface area (Å²) >= 11 is 0. The first-order valence-corrected chi connectivity index (χ1v) is 7.21. The largest absolute Gasteiger partial charge is 0.493 e. The number of ether oxygens (including phenoxy) is 3. The van der Waals surface area contributed by atoms with E-state index in [-0.39, 0.29) is 5.91 Å². The van der Waals surface area contributed by atoms with Gasteiger partial charge in [-0.1, -0.05) is 0 Å². The Balaban J connectivity index is 1.96. The van der Waals surface area contributed by atoms with Gasteiger partial charge in [-0.15, -0.1) is 0 Å². The Hall–Kier alpha value is -3.22. The normalized spacial score (nSPS) is 10.5. The molecule has 1 amide bonds.